The van der Waals surface area contributed by atoms with Gasteiger partial charge in [-0.1, -0.05) is 48.9 Å². The SMILES string of the molecule is CCNC(c1ccc(Cl)c(OC)c1)c1ccccc1C. The average Bonchev–Trinajstić information content (AvgIpc) is 2.46. The van der Waals surface area contributed by atoms with Crippen LogP contribution in [0.25, 0.3) is 0 Å². The van der Waals surface area contributed by atoms with E-state index in [1.807, 2.05) is 18.2 Å². The molecular weight excluding hydrogens is 270 g/mol. The zero-order chi connectivity index (χ0) is 14.5. The van der Waals surface area contributed by atoms with Crippen LogP contribution in [0.4, 0.5) is 0 Å². The first-order chi connectivity index (χ1) is 9.67. The van der Waals surface area contributed by atoms with Crippen LogP contribution in [0.1, 0.15) is 29.7 Å². The molecule has 106 valence electrons. The maximum atomic E-state index is 6.11. The third-order valence-corrected chi connectivity index (χ3v) is 3.73. The summed E-state index contributed by atoms with van der Waals surface area (Å²) in [6.07, 6.45) is 0. The Labute approximate surface area is 125 Å². The molecule has 0 spiro atoms. The molecule has 0 saturated carbocycles. The number of nitrogens with one attached hydrogen (secondary N) is 1. The summed E-state index contributed by atoms with van der Waals surface area (Å²) >= 11 is 6.11. The van der Waals surface area contributed by atoms with E-state index in [0.717, 1.165) is 12.1 Å². The lowest BCUT2D eigenvalue weighted by atomic mass is 9.95. The molecule has 0 fully saturated rings. The minimum absolute atomic E-state index is 0.146. The Balaban J connectivity index is 2.46. The lowest BCUT2D eigenvalue weighted by Crippen LogP contribution is -2.22. The second-order valence-electron chi connectivity index (χ2n) is 4.74. The van der Waals surface area contributed by atoms with Gasteiger partial charge in [0.25, 0.3) is 0 Å². The Bertz CT molecular complexity index is 583. The predicted molar refractivity (Wildman–Crippen MR) is 84.7 cm³/mol. The molecule has 1 unspecified atom stereocenters. The quantitative estimate of drug-likeness (QED) is 0.883. The molecule has 0 aliphatic carbocycles. The van der Waals surface area contributed by atoms with E-state index < -0.39 is 0 Å². The fraction of sp³-hybridized carbons (Fsp3) is 0.294. The van der Waals surface area contributed by atoms with Gasteiger partial charge >= 0.3 is 0 Å². The molecule has 1 N–H and O–H groups in total. The van der Waals surface area contributed by atoms with Crippen LogP contribution in [0.2, 0.25) is 5.02 Å². The Hall–Kier alpha value is -1.51. The molecule has 0 radical (unpaired) electrons. The summed E-state index contributed by atoms with van der Waals surface area (Å²) in [4.78, 5) is 0. The predicted octanol–water partition coefficient (Wildman–Crippen LogP) is 4.36. The summed E-state index contributed by atoms with van der Waals surface area (Å²) in [5.74, 6) is 0.709. The van der Waals surface area contributed by atoms with Crippen LogP contribution in [-0.4, -0.2) is 13.7 Å². The van der Waals surface area contributed by atoms with E-state index in [0.29, 0.717) is 10.8 Å². The molecule has 2 nitrogen and oxygen atoms in total. The zero-order valence-electron chi connectivity index (χ0n) is 12.1. The molecule has 20 heavy (non-hydrogen) atoms. The smallest absolute Gasteiger partial charge is 0.137 e. The molecule has 0 bridgehead atoms. The van der Waals surface area contributed by atoms with Crippen LogP contribution in [0, 0.1) is 6.92 Å². The maximum Gasteiger partial charge on any atom is 0.137 e. The number of benzene rings is 2. The van der Waals surface area contributed by atoms with E-state index in [1.165, 1.54) is 11.1 Å². The van der Waals surface area contributed by atoms with Gasteiger partial charge in [0.2, 0.25) is 0 Å². The van der Waals surface area contributed by atoms with Gasteiger partial charge in [0.05, 0.1) is 18.2 Å². The Kier molecular flexibility index (Phi) is 5.05. The standard InChI is InChI=1S/C17H20ClNO/c1-4-19-17(14-8-6-5-7-12(14)2)13-9-10-15(18)16(11-13)20-3/h5-11,17,19H,4H2,1-3H3. The molecule has 0 saturated heterocycles. The van der Waals surface area contributed by atoms with E-state index in [9.17, 15) is 0 Å². The van der Waals surface area contributed by atoms with Crippen molar-refractivity contribution >= 4 is 11.6 Å². The van der Waals surface area contributed by atoms with E-state index in [-0.39, 0.29) is 6.04 Å². The molecule has 0 heterocycles. The van der Waals surface area contributed by atoms with Crippen LogP contribution in [-0.2, 0) is 0 Å². The summed E-state index contributed by atoms with van der Waals surface area (Å²) in [6, 6.07) is 14.5. The average molecular weight is 290 g/mol. The lowest BCUT2D eigenvalue weighted by molar-refractivity contribution is 0.414. The van der Waals surface area contributed by atoms with Gasteiger partial charge in [0, 0.05) is 0 Å². The molecule has 3 heteroatoms. The zero-order valence-corrected chi connectivity index (χ0v) is 12.9. The molecular formula is C17H20ClNO. The lowest BCUT2D eigenvalue weighted by Gasteiger charge is -2.21. The molecule has 0 aliphatic rings. The molecule has 2 rings (SSSR count). The second kappa shape index (κ2) is 6.78. The summed E-state index contributed by atoms with van der Waals surface area (Å²) in [7, 11) is 1.64. The van der Waals surface area contributed by atoms with Gasteiger partial charge < -0.3 is 10.1 Å². The van der Waals surface area contributed by atoms with Gasteiger partial charge in [-0.15, -0.1) is 0 Å². The first kappa shape index (κ1) is 14.9. The van der Waals surface area contributed by atoms with Crippen molar-refractivity contribution in [2.75, 3.05) is 13.7 Å². The fourth-order valence-electron chi connectivity index (χ4n) is 2.38. The van der Waals surface area contributed by atoms with Gasteiger partial charge in [-0.25, -0.2) is 0 Å². The molecule has 2 aromatic carbocycles. The van der Waals surface area contributed by atoms with Crippen molar-refractivity contribution in [1.29, 1.82) is 0 Å². The molecule has 2 aromatic rings. The van der Waals surface area contributed by atoms with Gasteiger partial charge in [0.15, 0.2) is 0 Å². The minimum Gasteiger partial charge on any atom is -0.495 e. The largest absolute Gasteiger partial charge is 0.495 e. The summed E-state index contributed by atoms with van der Waals surface area (Å²) < 4.78 is 5.32. The summed E-state index contributed by atoms with van der Waals surface area (Å²) in [5.41, 5.74) is 3.70. The Morgan fingerprint density at radius 3 is 2.60 bits per heavy atom. The second-order valence-corrected chi connectivity index (χ2v) is 5.15. The van der Waals surface area contributed by atoms with Gasteiger partial charge in [0.1, 0.15) is 5.75 Å². The normalized spacial score (nSPS) is 12.2. The Morgan fingerprint density at radius 1 is 1.20 bits per heavy atom. The van der Waals surface area contributed by atoms with Crippen LogP contribution in [0.3, 0.4) is 0 Å². The highest BCUT2D eigenvalue weighted by Gasteiger charge is 2.16. The number of methoxy groups -OCH3 is 1. The number of ether oxygens (including phenoxy) is 1. The van der Waals surface area contributed by atoms with Crippen molar-refractivity contribution in [1.82, 2.24) is 5.32 Å². The summed E-state index contributed by atoms with van der Waals surface area (Å²) in [6.45, 7) is 5.13. The van der Waals surface area contributed by atoms with Crippen molar-refractivity contribution in [3.05, 3.63) is 64.2 Å². The van der Waals surface area contributed by atoms with Crippen molar-refractivity contribution in [3.8, 4) is 5.75 Å². The highest BCUT2D eigenvalue weighted by atomic mass is 35.5. The van der Waals surface area contributed by atoms with Crippen molar-refractivity contribution in [2.24, 2.45) is 0 Å². The van der Waals surface area contributed by atoms with E-state index in [4.69, 9.17) is 16.3 Å². The highest BCUT2D eigenvalue weighted by molar-refractivity contribution is 6.32. The van der Waals surface area contributed by atoms with Crippen LogP contribution >= 0.6 is 11.6 Å². The topological polar surface area (TPSA) is 21.3 Å². The van der Waals surface area contributed by atoms with E-state index in [2.05, 4.69) is 43.4 Å². The third kappa shape index (κ3) is 3.14. The van der Waals surface area contributed by atoms with Gasteiger partial charge in [-0.2, -0.15) is 0 Å². The first-order valence-electron chi connectivity index (χ1n) is 6.79. The van der Waals surface area contributed by atoms with Crippen LogP contribution < -0.4 is 10.1 Å². The highest BCUT2D eigenvalue weighted by Crippen LogP contribution is 2.31. The number of rotatable bonds is 5. The van der Waals surface area contributed by atoms with Crippen molar-refractivity contribution in [3.63, 3.8) is 0 Å². The van der Waals surface area contributed by atoms with Gasteiger partial charge in [-0.3, -0.25) is 0 Å². The van der Waals surface area contributed by atoms with Gasteiger partial charge in [-0.05, 0) is 42.3 Å². The number of hydrogen-bond donors (Lipinski definition) is 1. The van der Waals surface area contributed by atoms with Crippen LogP contribution in [0.15, 0.2) is 42.5 Å². The Morgan fingerprint density at radius 2 is 1.95 bits per heavy atom. The minimum atomic E-state index is 0.146. The van der Waals surface area contributed by atoms with E-state index >= 15 is 0 Å². The fourth-order valence-corrected chi connectivity index (χ4v) is 2.57. The monoisotopic (exact) mass is 289 g/mol. The molecule has 0 aromatic heterocycles. The molecule has 0 amide bonds. The molecule has 0 aliphatic heterocycles. The van der Waals surface area contributed by atoms with Crippen LogP contribution in [0.5, 0.6) is 5.75 Å². The summed E-state index contributed by atoms with van der Waals surface area (Å²) in [5, 5.41) is 4.16. The van der Waals surface area contributed by atoms with Crippen molar-refractivity contribution < 1.29 is 4.74 Å². The van der Waals surface area contributed by atoms with Crippen molar-refractivity contribution in [2.45, 2.75) is 19.9 Å². The number of aryl methyl sites for hydroxylation is 1. The first-order valence-corrected chi connectivity index (χ1v) is 7.17. The number of halogens is 1. The van der Waals surface area contributed by atoms with E-state index in [1.54, 1.807) is 7.11 Å². The number of hydrogen-bond acceptors (Lipinski definition) is 2. The molecule has 1 atom stereocenters. The maximum absolute atomic E-state index is 6.11. The third-order valence-electron chi connectivity index (χ3n) is 3.42.